The lowest BCUT2D eigenvalue weighted by Gasteiger charge is -2.22. The van der Waals surface area contributed by atoms with Gasteiger partial charge < -0.3 is 4.90 Å². The summed E-state index contributed by atoms with van der Waals surface area (Å²) in [5.74, 6) is 0. The highest BCUT2D eigenvalue weighted by Gasteiger charge is 2.22. The summed E-state index contributed by atoms with van der Waals surface area (Å²) in [5.41, 5.74) is 2.50. The van der Waals surface area contributed by atoms with Gasteiger partial charge in [0.05, 0.1) is 6.07 Å². The second-order valence-corrected chi connectivity index (χ2v) is 3.69. The molecule has 0 aromatic carbocycles. The largest absolute Gasteiger partial charge is 0.302 e. The van der Waals surface area contributed by atoms with Gasteiger partial charge in [-0.1, -0.05) is 0 Å². The topological polar surface area (TPSA) is 68.6 Å². The lowest BCUT2D eigenvalue weighted by molar-refractivity contribution is 0.308. The molecular weight excluding hydrogens is 190 g/mol. The number of rotatable bonds is 1. The van der Waals surface area contributed by atoms with Crippen molar-refractivity contribution in [2.75, 3.05) is 13.6 Å². The van der Waals surface area contributed by atoms with Gasteiger partial charge in [0, 0.05) is 30.8 Å². The van der Waals surface area contributed by atoms with Crippen LogP contribution in [0.3, 0.4) is 0 Å². The molecule has 5 heteroatoms. The van der Waals surface area contributed by atoms with Gasteiger partial charge in [0.15, 0.2) is 5.69 Å². The van der Waals surface area contributed by atoms with E-state index in [1.807, 2.05) is 7.05 Å². The maximum atomic E-state index is 8.93. The number of hydrogen-bond donors (Lipinski definition) is 0. The minimum absolute atomic E-state index is 0.230. The molecule has 0 atom stereocenters. The third-order valence-corrected chi connectivity index (χ3v) is 2.65. The first-order valence-electron chi connectivity index (χ1n) is 4.80. The Hall–Kier alpha value is -1.85. The minimum atomic E-state index is 0.230. The Bertz CT molecular complexity index is 459. The first-order chi connectivity index (χ1) is 7.26. The first-order valence-corrected chi connectivity index (χ1v) is 4.80. The number of fused-ring (bicyclic) bond motifs is 1. The van der Waals surface area contributed by atoms with Gasteiger partial charge in [0.1, 0.15) is 12.6 Å². The van der Waals surface area contributed by atoms with Crippen LogP contribution in [-0.4, -0.2) is 28.3 Å². The van der Waals surface area contributed by atoms with Crippen molar-refractivity contribution in [1.82, 2.24) is 14.7 Å². The minimum Gasteiger partial charge on any atom is -0.302 e. The van der Waals surface area contributed by atoms with Crippen LogP contribution >= 0.6 is 0 Å². The van der Waals surface area contributed by atoms with Gasteiger partial charge in [-0.2, -0.15) is 15.6 Å². The van der Waals surface area contributed by atoms with Crippen molar-refractivity contribution in [3.05, 3.63) is 17.0 Å². The Kier molecular flexibility index (Phi) is 2.40. The van der Waals surface area contributed by atoms with Crippen molar-refractivity contribution in [3.8, 4) is 12.1 Å². The molecule has 0 fully saturated rings. The molecule has 0 unspecified atom stereocenters. The molecule has 2 rings (SSSR count). The number of likely N-dealkylation sites (N-methyl/N-ethyl adjacent to an activating group) is 1. The molecule has 0 spiro atoms. The van der Waals surface area contributed by atoms with E-state index < -0.39 is 0 Å². The van der Waals surface area contributed by atoms with E-state index in [0.717, 1.165) is 30.8 Å². The van der Waals surface area contributed by atoms with Crippen LogP contribution in [0, 0.1) is 22.7 Å². The normalized spacial score (nSPS) is 15.4. The third kappa shape index (κ3) is 1.58. The zero-order valence-corrected chi connectivity index (χ0v) is 8.56. The Morgan fingerprint density at radius 1 is 1.47 bits per heavy atom. The predicted octanol–water partition coefficient (Wildman–Crippen LogP) is 0.266. The van der Waals surface area contributed by atoms with Crippen molar-refractivity contribution < 1.29 is 0 Å². The van der Waals surface area contributed by atoms with Crippen LogP contribution in [0.2, 0.25) is 0 Å². The summed E-state index contributed by atoms with van der Waals surface area (Å²) in [6.45, 7) is 1.94. The quantitative estimate of drug-likeness (QED) is 0.653. The molecule has 15 heavy (non-hydrogen) atoms. The molecular formula is C10H11N5. The van der Waals surface area contributed by atoms with E-state index in [2.05, 4.69) is 22.1 Å². The molecule has 76 valence electrons. The van der Waals surface area contributed by atoms with E-state index in [9.17, 15) is 0 Å². The lowest BCUT2D eigenvalue weighted by atomic mass is 10.1. The summed E-state index contributed by atoms with van der Waals surface area (Å²) in [7, 11) is 2.02. The monoisotopic (exact) mass is 201 g/mol. The van der Waals surface area contributed by atoms with E-state index >= 15 is 0 Å². The number of hydrogen-bond acceptors (Lipinski definition) is 4. The molecule has 0 amide bonds. The summed E-state index contributed by atoms with van der Waals surface area (Å²) in [4.78, 5) is 2.15. The summed E-state index contributed by atoms with van der Waals surface area (Å²) < 4.78 is 1.65. The SMILES string of the molecule is CN1CCc2c(c(C#N)nn2CC#N)C1. The molecule has 0 bridgehead atoms. The predicted molar refractivity (Wildman–Crippen MR) is 52.6 cm³/mol. The maximum absolute atomic E-state index is 8.93. The second kappa shape index (κ2) is 3.72. The summed E-state index contributed by atoms with van der Waals surface area (Å²) in [6.07, 6.45) is 0.863. The molecule has 1 aromatic heterocycles. The van der Waals surface area contributed by atoms with Crippen LogP contribution in [0.1, 0.15) is 17.0 Å². The first kappa shape index (κ1) is 9.70. The fourth-order valence-electron chi connectivity index (χ4n) is 1.91. The van der Waals surface area contributed by atoms with Crippen LogP contribution in [-0.2, 0) is 19.5 Å². The Morgan fingerprint density at radius 3 is 2.93 bits per heavy atom. The number of nitriles is 2. The smallest absolute Gasteiger partial charge is 0.167 e. The van der Waals surface area contributed by atoms with Crippen LogP contribution in [0.25, 0.3) is 0 Å². The van der Waals surface area contributed by atoms with Crippen LogP contribution < -0.4 is 0 Å². The third-order valence-electron chi connectivity index (χ3n) is 2.65. The van der Waals surface area contributed by atoms with Gasteiger partial charge in [-0.25, -0.2) is 0 Å². The molecule has 1 aromatic rings. The molecule has 1 aliphatic rings. The van der Waals surface area contributed by atoms with Gasteiger partial charge in [-0.15, -0.1) is 0 Å². The standard InChI is InChI=1S/C10H11N5/c1-14-4-2-10-8(7-14)9(6-12)13-15(10)5-3-11/h2,4-5,7H2,1H3. The number of nitrogens with zero attached hydrogens (tertiary/aromatic N) is 5. The van der Waals surface area contributed by atoms with Gasteiger partial charge in [0.25, 0.3) is 0 Å². The molecule has 0 aliphatic carbocycles. The second-order valence-electron chi connectivity index (χ2n) is 3.69. The molecule has 1 aliphatic heterocycles. The van der Waals surface area contributed by atoms with E-state index in [0.29, 0.717) is 5.69 Å². The average Bonchev–Trinajstić information content (AvgIpc) is 2.56. The Morgan fingerprint density at radius 2 is 2.27 bits per heavy atom. The molecule has 0 radical (unpaired) electrons. The zero-order valence-electron chi connectivity index (χ0n) is 8.56. The molecule has 2 heterocycles. The van der Waals surface area contributed by atoms with E-state index in [1.54, 1.807) is 4.68 Å². The summed E-state index contributed by atoms with van der Waals surface area (Å²) in [6, 6.07) is 4.15. The van der Waals surface area contributed by atoms with Crippen molar-refractivity contribution >= 4 is 0 Å². The zero-order chi connectivity index (χ0) is 10.8. The van der Waals surface area contributed by atoms with Gasteiger partial charge in [-0.05, 0) is 7.05 Å². The highest BCUT2D eigenvalue weighted by molar-refractivity contribution is 5.36. The summed E-state index contributed by atoms with van der Waals surface area (Å²) >= 11 is 0. The summed E-state index contributed by atoms with van der Waals surface area (Å²) in [5, 5.41) is 21.7. The van der Waals surface area contributed by atoms with Crippen molar-refractivity contribution in [3.63, 3.8) is 0 Å². The Labute approximate surface area is 88.1 Å². The van der Waals surface area contributed by atoms with Crippen LogP contribution in [0.15, 0.2) is 0 Å². The van der Waals surface area contributed by atoms with Gasteiger partial charge in [0.2, 0.25) is 0 Å². The fraction of sp³-hybridized carbons (Fsp3) is 0.500. The molecule has 5 nitrogen and oxygen atoms in total. The lowest BCUT2D eigenvalue weighted by Crippen LogP contribution is -2.27. The van der Waals surface area contributed by atoms with E-state index in [1.165, 1.54) is 0 Å². The van der Waals surface area contributed by atoms with Gasteiger partial charge >= 0.3 is 0 Å². The van der Waals surface area contributed by atoms with Crippen LogP contribution in [0.5, 0.6) is 0 Å². The molecule has 0 saturated heterocycles. The highest BCUT2D eigenvalue weighted by Crippen LogP contribution is 2.21. The van der Waals surface area contributed by atoms with Crippen molar-refractivity contribution in [2.24, 2.45) is 0 Å². The van der Waals surface area contributed by atoms with Crippen molar-refractivity contribution in [1.29, 1.82) is 10.5 Å². The Balaban J connectivity index is 2.47. The molecule has 0 saturated carbocycles. The van der Waals surface area contributed by atoms with E-state index in [-0.39, 0.29) is 6.54 Å². The number of aromatic nitrogens is 2. The molecule has 0 N–H and O–H groups in total. The van der Waals surface area contributed by atoms with Crippen LogP contribution in [0.4, 0.5) is 0 Å². The average molecular weight is 201 g/mol. The highest BCUT2D eigenvalue weighted by atomic mass is 15.3. The fourth-order valence-corrected chi connectivity index (χ4v) is 1.91. The maximum Gasteiger partial charge on any atom is 0.167 e. The van der Waals surface area contributed by atoms with Crippen molar-refractivity contribution in [2.45, 2.75) is 19.5 Å². The van der Waals surface area contributed by atoms with E-state index in [4.69, 9.17) is 10.5 Å². The van der Waals surface area contributed by atoms with Gasteiger partial charge in [-0.3, -0.25) is 4.68 Å².